The molecule has 1 aliphatic rings. The smallest absolute Gasteiger partial charge is 0.255 e. The Morgan fingerprint density at radius 2 is 2.15 bits per heavy atom. The zero-order valence-electron chi connectivity index (χ0n) is 18.7. The summed E-state index contributed by atoms with van der Waals surface area (Å²) in [6.07, 6.45) is 5.73. The Morgan fingerprint density at radius 3 is 2.94 bits per heavy atom. The lowest BCUT2D eigenvalue weighted by Crippen LogP contribution is -2.47. The zero-order valence-corrected chi connectivity index (χ0v) is 18.7. The Bertz CT molecular complexity index is 933. The topological polar surface area (TPSA) is 136 Å². The first kappa shape index (κ1) is 24.0. The van der Waals surface area contributed by atoms with Gasteiger partial charge in [-0.15, -0.1) is 0 Å². The molecule has 11 nitrogen and oxygen atoms in total. The number of carbonyl (C=O) groups is 3. The van der Waals surface area contributed by atoms with E-state index in [0.29, 0.717) is 55.8 Å². The molecule has 0 unspecified atom stereocenters. The molecule has 1 atom stereocenters. The molecule has 1 aromatic carbocycles. The second kappa shape index (κ2) is 12.4. The molecule has 0 saturated heterocycles. The van der Waals surface area contributed by atoms with E-state index in [1.54, 1.807) is 29.2 Å². The van der Waals surface area contributed by atoms with Gasteiger partial charge in [0.25, 0.3) is 5.91 Å². The quantitative estimate of drug-likeness (QED) is 0.578. The molecule has 0 aliphatic carbocycles. The van der Waals surface area contributed by atoms with Crippen LogP contribution in [0.5, 0.6) is 11.5 Å². The van der Waals surface area contributed by atoms with E-state index in [0.717, 1.165) is 0 Å². The molecular weight excluding hydrogens is 428 g/mol. The maximum atomic E-state index is 12.7. The van der Waals surface area contributed by atoms with Gasteiger partial charge in [0.15, 0.2) is 0 Å². The van der Waals surface area contributed by atoms with Crippen molar-refractivity contribution >= 4 is 17.7 Å². The Kier molecular flexibility index (Phi) is 9.04. The maximum absolute atomic E-state index is 12.7. The van der Waals surface area contributed by atoms with Crippen LogP contribution in [0.2, 0.25) is 0 Å². The maximum Gasteiger partial charge on any atom is 0.255 e. The number of aryl methyl sites for hydroxylation is 1. The van der Waals surface area contributed by atoms with Gasteiger partial charge in [-0.3, -0.25) is 19.1 Å². The standard InChI is InChI=1S/C22H30N6O5/c1-32-16-7-8-17-19(13-16)33-12-10-25-22(31)18(5-2-3-9-24-21(17)30)27-20(29)6-4-11-28-15-23-14-26-28/h7-8,13-15,18H,2-6,9-12H2,1H3,(H,24,30)(H,25,31)(H,27,29)/t18-/m0/s1. The van der Waals surface area contributed by atoms with E-state index in [9.17, 15) is 14.4 Å². The molecule has 11 heteroatoms. The van der Waals surface area contributed by atoms with E-state index in [1.165, 1.54) is 13.4 Å². The molecule has 2 heterocycles. The van der Waals surface area contributed by atoms with Crippen molar-refractivity contribution in [3.05, 3.63) is 36.4 Å². The van der Waals surface area contributed by atoms with Crippen LogP contribution in [0.15, 0.2) is 30.9 Å². The minimum Gasteiger partial charge on any atom is -0.497 e. The number of hydrogen-bond donors (Lipinski definition) is 3. The third kappa shape index (κ3) is 7.48. The van der Waals surface area contributed by atoms with Crippen LogP contribution in [-0.2, 0) is 16.1 Å². The summed E-state index contributed by atoms with van der Waals surface area (Å²) in [7, 11) is 1.54. The van der Waals surface area contributed by atoms with Crippen LogP contribution >= 0.6 is 0 Å². The van der Waals surface area contributed by atoms with E-state index in [1.807, 2.05) is 0 Å². The van der Waals surface area contributed by atoms with Gasteiger partial charge in [-0.25, -0.2) is 4.98 Å². The van der Waals surface area contributed by atoms with Crippen molar-refractivity contribution in [2.45, 2.75) is 44.7 Å². The van der Waals surface area contributed by atoms with Gasteiger partial charge in [0.2, 0.25) is 11.8 Å². The van der Waals surface area contributed by atoms with Crippen LogP contribution in [0.1, 0.15) is 42.5 Å². The predicted octanol–water partition coefficient (Wildman–Crippen LogP) is 0.661. The highest BCUT2D eigenvalue weighted by Gasteiger charge is 2.21. The Balaban J connectivity index is 1.56. The summed E-state index contributed by atoms with van der Waals surface area (Å²) in [6.45, 7) is 1.42. The molecule has 33 heavy (non-hydrogen) atoms. The molecule has 178 valence electrons. The number of carbonyl (C=O) groups excluding carboxylic acids is 3. The van der Waals surface area contributed by atoms with Gasteiger partial charge in [0.05, 0.1) is 19.2 Å². The van der Waals surface area contributed by atoms with Gasteiger partial charge >= 0.3 is 0 Å². The molecule has 3 amide bonds. The van der Waals surface area contributed by atoms with E-state index in [2.05, 4.69) is 26.0 Å². The summed E-state index contributed by atoms with van der Waals surface area (Å²) in [5.41, 5.74) is 0.412. The summed E-state index contributed by atoms with van der Waals surface area (Å²) in [5.74, 6) is 0.275. The summed E-state index contributed by atoms with van der Waals surface area (Å²) in [5, 5.41) is 12.5. The van der Waals surface area contributed by atoms with Crippen LogP contribution in [0.3, 0.4) is 0 Å². The second-order valence-electron chi connectivity index (χ2n) is 7.64. The Labute approximate surface area is 192 Å². The zero-order chi connectivity index (χ0) is 23.5. The number of ether oxygens (including phenoxy) is 2. The predicted molar refractivity (Wildman–Crippen MR) is 119 cm³/mol. The number of methoxy groups -OCH3 is 1. The SMILES string of the molecule is COc1ccc2c(c1)OCCNC(=O)[C@@H](NC(=O)CCCn1cncn1)CCCCNC2=O. The highest BCUT2D eigenvalue weighted by molar-refractivity contribution is 5.97. The lowest BCUT2D eigenvalue weighted by molar-refractivity contribution is -0.129. The Hall–Kier alpha value is -3.63. The van der Waals surface area contributed by atoms with Gasteiger partial charge in [0, 0.05) is 25.6 Å². The van der Waals surface area contributed by atoms with Gasteiger partial charge in [-0.05, 0) is 37.8 Å². The number of aromatic nitrogens is 3. The van der Waals surface area contributed by atoms with Crippen molar-refractivity contribution in [1.82, 2.24) is 30.7 Å². The second-order valence-corrected chi connectivity index (χ2v) is 7.64. The van der Waals surface area contributed by atoms with E-state index < -0.39 is 6.04 Å². The first-order chi connectivity index (χ1) is 16.1. The number of nitrogens with one attached hydrogen (secondary N) is 3. The monoisotopic (exact) mass is 458 g/mol. The molecule has 0 saturated carbocycles. The first-order valence-corrected chi connectivity index (χ1v) is 11.1. The third-order valence-electron chi connectivity index (χ3n) is 5.21. The summed E-state index contributed by atoms with van der Waals surface area (Å²) < 4.78 is 12.6. The van der Waals surface area contributed by atoms with Crippen molar-refractivity contribution in [1.29, 1.82) is 0 Å². The summed E-state index contributed by atoms with van der Waals surface area (Å²) in [4.78, 5) is 41.5. The molecular formula is C22H30N6O5. The molecule has 0 spiro atoms. The molecule has 0 radical (unpaired) electrons. The van der Waals surface area contributed by atoms with Gasteiger partial charge in [-0.1, -0.05) is 0 Å². The molecule has 0 bridgehead atoms. The molecule has 3 N–H and O–H groups in total. The van der Waals surface area contributed by atoms with Gasteiger partial charge in [0.1, 0.15) is 36.8 Å². The fraction of sp³-hybridized carbons (Fsp3) is 0.500. The minimum absolute atomic E-state index is 0.164. The van der Waals surface area contributed by atoms with Crippen LogP contribution < -0.4 is 25.4 Å². The van der Waals surface area contributed by atoms with Crippen molar-refractivity contribution in [2.24, 2.45) is 0 Å². The van der Waals surface area contributed by atoms with Gasteiger partial charge in [-0.2, -0.15) is 5.10 Å². The van der Waals surface area contributed by atoms with Gasteiger partial charge < -0.3 is 25.4 Å². The van der Waals surface area contributed by atoms with Crippen molar-refractivity contribution in [3.8, 4) is 11.5 Å². The minimum atomic E-state index is -0.644. The van der Waals surface area contributed by atoms with E-state index in [-0.39, 0.29) is 37.3 Å². The lowest BCUT2D eigenvalue weighted by atomic mass is 10.1. The number of hydrogen-bond acceptors (Lipinski definition) is 7. The highest BCUT2D eigenvalue weighted by atomic mass is 16.5. The van der Waals surface area contributed by atoms with Crippen LogP contribution in [-0.4, -0.2) is 65.3 Å². The Morgan fingerprint density at radius 1 is 1.27 bits per heavy atom. The highest BCUT2D eigenvalue weighted by Crippen LogP contribution is 2.25. The average molecular weight is 459 g/mol. The van der Waals surface area contributed by atoms with Crippen LogP contribution in [0, 0.1) is 0 Å². The molecule has 1 aliphatic heterocycles. The molecule has 1 aromatic heterocycles. The number of nitrogens with zero attached hydrogens (tertiary/aromatic N) is 3. The van der Waals surface area contributed by atoms with Crippen LogP contribution in [0.25, 0.3) is 0 Å². The fourth-order valence-corrected chi connectivity index (χ4v) is 3.45. The molecule has 2 aromatic rings. The van der Waals surface area contributed by atoms with Crippen molar-refractivity contribution < 1.29 is 23.9 Å². The molecule has 0 fully saturated rings. The summed E-state index contributed by atoms with van der Waals surface area (Å²) in [6, 6.07) is 4.36. The van der Waals surface area contributed by atoms with Crippen LogP contribution in [0.4, 0.5) is 0 Å². The molecule has 3 rings (SSSR count). The van der Waals surface area contributed by atoms with E-state index >= 15 is 0 Å². The lowest BCUT2D eigenvalue weighted by Gasteiger charge is -2.20. The van der Waals surface area contributed by atoms with Crippen molar-refractivity contribution in [3.63, 3.8) is 0 Å². The third-order valence-corrected chi connectivity index (χ3v) is 5.21. The summed E-state index contributed by atoms with van der Waals surface area (Å²) >= 11 is 0. The fourth-order valence-electron chi connectivity index (χ4n) is 3.45. The number of benzene rings is 1. The van der Waals surface area contributed by atoms with Crippen molar-refractivity contribution in [2.75, 3.05) is 26.8 Å². The average Bonchev–Trinajstić information content (AvgIpc) is 3.33. The van der Waals surface area contributed by atoms with E-state index in [4.69, 9.17) is 9.47 Å². The number of rotatable bonds is 6. The first-order valence-electron chi connectivity index (χ1n) is 11.1. The number of amides is 3. The largest absolute Gasteiger partial charge is 0.497 e. The normalized spacial score (nSPS) is 17.5. The number of fused-ring (bicyclic) bond motifs is 1.